The Bertz CT molecular complexity index is 846. The van der Waals surface area contributed by atoms with Crippen molar-refractivity contribution in [1.82, 2.24) is 10.1 Å². The predicted molar refractivity (Wildman–Crippen MR) is 103 cm³/mol. The van der Waals surface area contributed by atoms with Crippen molar-refractivity contribution < 1.29 is 14.1 Å². The number of nitrogens with one attached hydrogen (secondary N) is 1. The molecule has 1 saturated carbocycles. The Morgan fingerprint density at radius 2 is 2.15 bits per heavy atom. The van der Waals surface area contributed by atoms with E-state index in [2.05, 4.69) is 15.5 Å². The largest absolute Gasteiger partial charge is 0.378 e. The summed E-state index contributed by atoms with van der Waals surface area (Å²) in [6.07, 6.45) is 1.18. The second-order valence-corrected chi connectivity index (χ2v) is 7.69. The predicted octanol–water partition coefficient (Wildman–Crippen LogP) is 3.08. The summed E-state index contributed by atoms with van der Waals surface area (Å²) in [4.78, 5) is 17.3. The van der Waals surface area contributed by atoms with Gasteiger partial charge in [-0.3, -0.25) is 4.79 Å². The van der Waals surface area contributed by atoms with Crippen LogP contribution in [-0.4, -0.2) is 34.3 Å². The van der Waals surface area contributed by atoms with Gasteiger partial charge < -0.3 is 20.3 Å². The van der Waals surface area contributed by atoms with E-state index in [0.717, 1.165) is 11.1 Å². The van der Waals surface area contributed by atoms with E-state index in [1.165, 1.54) is 0 Å². The summed E-state index contributed by atoms with van der Waals surface area (Å²) in [5, 5.41) is 6.92. The highest BCUT2D eigenvalue weighted by molar-refractivity contribution is 6.00. The van der Waals surface area contributed by atoms with E-state index in [1.807, 2.05) is 52.8 Å². The van der Waals surface area contributed by atoms with Crippen LogP contribution in [0.4, 0.5) is 5.69 Å². The molecule has 2 atom stereocenters. The first kappa shape index (κ1) is 19.5. The number of ether oxygens (including phenoxy) is 1. The second-order valence-electron chi connectivity index (χ2n) is 7.69. The molecule has 1 aromatic carbocycles. The third kappa shape index (κ3) is 3.26. The van der Waals surface area contributed by atoms with Crippen molar-refractivity contribution in [2.45, 2.75) is 59.1 Å². The van der Waals surface area contributed by atoms with Crippen molar-refractivity contribution in [1.29, 1.82) is 0 Å². The number of anilines is 1. The standard InChI is InChI=1S/C20H28N4O3/c1-6-16-23-17(27-24-16)13-9-8-12(3)14(10-13)22-18(25)20(21)11-15(26-7-2)19(20,4)5/h8-10,15H,6-7,11,21H2,1-5H3,(H,22,25). The van der Waals surface area contributed by atoms with Gasteiger partial charge in [-0.05, 0) is 31.5 Å². The van der Waals surface area contributed by atoms with E-state index in [1.54, 1.807) is 0 Å². The molecule has 7 heteroatoms. The maximum atomic E-state index is 13.0. The molecule has 1 aliphatic rings. The molecule has 0 spiro atoms. The Balaban J connectivity index is 1.81. The van der Waals surface area contributed by atoms with Crippen molar-refractivity contribution in [2.24, 2.45) is 11.1 Å². The van der Waals surface area contributed by atoms with Crippen LogP contribution in [0.15, 0.2) is 22.7 Å². The van der Waals surface area contributed by atoms with Crippen LogP contribution in [0.5, 0.6) is 0 Å². The van der Waals surface area contributed by atoms with Crippen molar-refractivity contribution in [3.8, 4) is 11.5 Å². The van der Waals surface area contributed by atoms with Crippen LogP contribution < -0.4 is 11.1 Å². The Hall–Kier alpha value is -2.25. The van der Waals surface area contributed by atoms with Crippen LogP contribution in [0.2, 0.25) is 0 Å². The van der Waals surface area contributed by atoms with Gasteiger partial charge in [-0.1, -0.05) is 32.0 Å². The maximum absolute atomic E-state index is 13.0. The van der Waals surface area contributed by atoms with Crippen LogP contribution in [-0.2, 0) is 16.0 Å². The molecule has 27 heavy (non-hydrogen) atoms. The first-order valence-corrected chi connectivity index (χ1v) is 9.38. The molecule has 146 valence electrons. The number of carbonyl (C=O) groups excluding carboxylic acids is 1. The Kier molecular flexibility index (Phi) is 5.10. The number of benzene rings is 1. The minimum Gasteiger partial charge on any atom is -0.378 e. The fraction of sp³-hybridized carbons (Fsp3) is 0.550. The molecular weight excluding hydrogens is 344 g/mol. The topological polar surface area (TPSA) is 103 Å². The van der Waals surface area contributed by atoms with Crippen molar-refractivity contribution in [2.75, 3.05) is 11.9 Å². The molecule has 1 fully saturated rings. The number of carbonyl (C=O) groups is 1. The average molecular weight is 372 g/mol. The molecule has 1 aliphatic carbocycles. The second kappa shape index (κ2) is 7.05. The number of rotatable bonds is 6. The monoisotopic (exact) mass is 372 g/mol. The third-order valence-electron chi connectivity index (χ3n) is 5.75. The molecule has 3 rings (SSSR count). The van der Waals surface area contributed by atoms with Crippen LogP contribution in [0.1, 0.15) is 45.5 Å². The smallest absolute Gasteiger partial charge is 0.257 e. The molecule has 0 saturated heterocycles. The number of hydrogen-bond donors (Lipinski definition) is 2. The van der Waals surface area contributed by atoms with Gasteiger partial charge in [0.15, 0.2) is 5.82 Å². The van der Waals surface area contributed by atoms with Gasteiger partial charge in [-0.15, -0.1) is 0 Å². The molecule has 0 aliphatic heterocycles. The van der Waals surface area contributed by atoms with Crippen LogP contribution in [0, 0.1) is 12.3 Å². The quantitative estimate of drug-likeness (QED) is 0.808. The Morgan fingerprint density at radius 3 is 2.74 bits per heavy atom. The lowest BCUT2D eigenvalue weighted by Gasteiger charge is -2.57. The van der Waals surface area contributed by atoms with Crippen molar-refractivity contribution in [3.63, 3.8) is 0 Å². The number of aryl methyl sites for hydroxylation is 2. The lowest BCUT2D eigenvalue weighted by atomic mass is 9.54. The van der Waals surface area contributed by atoms with Gasteiger partial charge in [0.1, 0.15) is 5.54 Å². The molecule has 7 nitrogen and oxygen atoms in total. The number of aromatic nitrogens is 2. The van der Waals surface area contributed by atoms with E-state index in [4.69, 9.17) is 15.0 Å². The number of hydrogen-bond acceptors (Lipinski definition) is 6. The van der Waals surface area contributed by atoms with Crippen molar-refractivity contribution in [3.05, 3.63) is 29.6 Å². The highest BCUT2D eigenvalue weighted by Crippen LogP contribution is 2.50. The van der Waals surface area contributed by atoms with E-state index >= 15 is 0 Å². The molecule has 1 amide bonds. The molecule has 2 unspecified atom stereocenters. The Morgan fingerprint density at radius 1 is 1.41 bits per heavy atom. The summed E-state index contributed by atoms with van der Waals surface area (Å²) >= 11 is 0. The molecule has 1 heterocycles. The number of nitrogens with two attached hydrogens (primary N) is 1. The van der Waals surface area contributed by atoms with E-state index in [9.17, 15) is 4.79 Å². The lowest BCUT2D eigenvalue weighted by molar-refractivity contribution is -0.166. The van der Waals surface area contributed by atoms with Crippen molar-refractivity contribution >= 4 is 11.6 Å². The zero-order valence-corrected chi connectivity index (χ0v) is 16.6. The molecular formula is C20H28N4O3. The van der Waals surface area contributed by atoms with Gasteiger partial charge in [0.05, 0.1) is 6.10 Å². The summed E-state index contributed by atoms with van der Waals surface area (Å²) in [6, 6.07) is 5.66. The average Bonchev–Trinajstić information content (AvgIpc) is 3.12. The minimum atomic E-state index is -0.977. The minimum absolute atomic E-state index is 0.0171. The van der Waals surface area contributed by atoms with Gasteiger partial charge in [-0.25, -0.2) is 0 Å². The number of nitrogens with zero attached hydrogens (tertiary/aromatic N) is 2. The molecule has 2 aromatic rings. The fourth-order valence-corrected chi connectivity index (χ4v) is 3.46. The van der Waals surface area contributed by atoms with Gasteiger partial charge in [0.25, 0.3) is 5.89 Å². The normalized spacial score (nSPS) is 23.7. The summed E-state index contributed by atoms with van der Waals surface area (Å²) in [7, 11) is 0. The highest BCUT2D eigenvalue weighted by atomic mass is 16.5. The zero-order chi connectivity index (χ0) is 19.8. The SMILES string of the molecule is CCOC1CC(N)(C(=O)Nc2cc(-c3nc(CC)no3)ccc2C)C1(C)C. The Labute approximate surface area is 159 Å². The summed E-state index contributed by atoms with van der Waals surface area (Å²) in [5.74, 6) is 0.879. The van der Waals surface area contributed by atoms with Gasteiger partial charge >= 0.3 is 0 Å². The van der Waals surface area contributed by atoms with E-state index in [-0.39, 0.29) is 12.0 Å². The van der Waals surface area contributed by atoms with Crippen LogP contribution in [0.25, 0.3) is 11.5 Å². The zero-order valence-electron chi connectivity index (χ0n) is 16.6. The van der Waals surface area contributed by atoms with E-state index < -0.39 is 11.0 Å². The fourth-order valence-electron chi connectivity index (χ4n) is 3.46. The van der Waals surface area contributed by atoms with Crippen LogP contribution >= 0.6 is 0 Å². The highest BCUT2D eigenvalue weighted by Gasteiger charge is 2.62. The first-order chi connectivity index (χ1) is 12.7. The maximum Gasteiger partial charge on any atom is 0.257 e. The molecule has 1 aromatic heterocycles. The van der Waals surface area contributed by atoms with Gasteiger partial charge in [0, 0.05) is 36.1 Å². The summed E-state index contributed by atoms with van der Waals surface area (Å²) < 4.78 is 11.0. The van der Waals surface area contributed by atoms with Gasteiger partial charge in [-0.2, -0.15) is 4.98 Å². The molecule has 0 radical (unpaired) electrons. The summed E-state index contributed by atoms with van der Waals surface area (Å²) in [5.41, 5.74) is 7.44. The summed E-state index contributed by atoms with van der Waals surface area (Å²) in [6.45, 7) is 10.4. The first-order valence-electron chi connectivity index (χ1n) is 9.38. The van der Waals surface area contributed by atoms with Gasteiger partial charge in [0.2, 0.25) is 5.91 Å². The third-order valence-corrected chi connectivity index (χ3v) is 5.75. The molecule has 3 N–H and O–H groups in total. The lowest BCUT2D eigenvalue weighted by Crippen LogP contribution is -2.74. The van der Waals surface area contributed by atoms with Crippen LogP contribution in [0.3, 0.4) is 0 Å². The molecule has 0 bridgehead atoms. The number of amides is 1. The van der Waals surface area contributed by atoms with E-state index in [0.29, 0.717) is 36.9 Å².